The Hall–Kier alpha value is -2.40. The molecule has 1 aliphatic rings. The van der Waals surface area contributed by atoms with Crippen LogP contribution in [0.5, 0.6) is 11.5 Å². The van der Waals surface area contributed by atoms with E-state index in [4.69, 9.17) is 13.9 Å². The third-order valence-electron chi connectivity index (χ3n) is 3.80. The number of fused-ring (bicyclic) bond motifs is 1. The fourth-order valence-electron chi connectivity index (χ4n) is 2.58. The van der Waals surface area contributed by atoms with Crippen LogP contribution < -0.4 is 14.8 Å². The Balaban J connectivity index is 1.44. The molecule has 2 heterocycles. The van der Waals surface area contributed by atoms with Crippen molar-refractivity contribution in [3.8, 4) is 22.8 Å². The van der Waals surface area contributed by atoms with Gasteiger partial charge in [0.25, 0.3) is 0 Å². The standard InChI is InChI=1S/C19H16BrNO3/c20-14-3-1-13(2-4-14)17-8-6-16(24-17)12-21-15-5-7-18-19(11-15)23-10-9-22-18/h1-8,11,21H,9-10,12H2. The summed E-state index contributed by atoms with van der Waals surface area (Å²) < 4.78 is 18.1. The van der Waals surface area contributed by atoms with Crippen molar-refractivity contribution < 1.29 is 13.9 Å². The first-order chi connectivity index (χ1) is 11.8. The number of hydrogen-bond acceptors (Lipinski definition) is 4. The molecule has 0 saturated heterocycles. The van der Waals surface area contributed by atoms with Crippen LogP contribution in [0, 0.1) is 0 Å². The molecule has 5 heteroatoms. The van der Waals surface area contributed by atoms with Crippen molar-refractivity contribution in [1.82, 2.24) is 0 Å². The molecule has 0 unspecified atom stereocenters. The van der Waals surface area contributed by atoms with Crippen LogP contribution in [0.3, 0.4) is 0 Å². The van der Waals surface area contributed by atoms with E-state index >= 15 is 0 Å². The molecule has 1 aromatic heterocycles. The first-order valence-corrected chi connectivity index (χ1v) is 8.55. The lowest BCUT2D eigenvalue weighted by Gasteiger charge is -2.19. The van der Waals surface area contributed by atoms with Gasteiger partial charge >= 0.3 is 0 Å². The molecule has 0 bridgehead atoms. The number of nitrogens with one attached hydrogen (secondary N) is 1. The average Bonchev–Trinajstić information content (AvgIpc) is 3.09. The van der Waals surface area contributed by atoms with E-state index in [0.29, 0.717) is 19.8 Å². The van der Waals surface area contributed by atoms with Gasteiger partial charge in [-0.1, -0.05) is 28.1 Å². The maximum atomic E-state index is 5.91. The quantitative estimate of drug-likeness (QED) is 0.678. The molecule has 0 amide bonds. The SMILES string of the molecule is Brc1ccc(-c2ccc(CNc3ccc4c(c3)OCCO4)o2)cc1. The largest absolute Gasteiger partial charge is 0.486 e. The van der Waals surface area contributed by atoms with E-state index in [9.17, 15) is 0 Å². The van der Waals surface area contributed by atoms with Gasteiger partial charge in [-0.05, 0) is 36.4 Å². The molecule has 4 nitrogen and oxygen atoms in total. The fraction of sp³-hybridized carbons (Fsp3) is 0.158. The average molecular weight is 386 g/mol. The Kier molecular flexibility index (Phi) is 4.17. The highest BCUT2D eigenvalue weighted by Gasteiger charge is 2.12. The van der Waals surface area contributed by atoms with Crippen molar-refractivity contribution >= 4 is 21.6 Å². The first kappa shape index (κ1) is 15.1. The van der Waals surface area contributed by atoms with Gasteiger partial charge in [-0.15, -0.1) is 0 Å². The van der Waals surface area contributed by atoms with Gasteiger partial charge in [0.1, 0.15) is 24.7 Å². The monoisotopic (exact) mass is 385 g/mol. The zero-order valence-corrected chi connectivity index (χ0v) is 14.5. The Bertz CT molecular complexity index is 842. The number of furan rings is 1. The third-order valence-corrected chi connectivity index (χ3v) is 4.33. The summed E-state index contributed by atoms with van der Waals surface area (Å²) in [5, 5.41) is 3.35. The molecule has 0 saturated carbocycles. The molecule has 0 spiro atoms. The van der Waals surface area contributed by atoms with Crippen molar-refractivity contribution in [1.29, 1.82) is 0 Å². The van der Waals surface area contributed by atoms with Gasteiger partial charge in [0.05, 0.1) is 6.54 Å². The Morgan fingerprint density at radius 3 is 2.50 bits per heavy atom. The van der Waals surface area contributed by atoms with Crippen LogP contribution >= 0.6 is 15.9 Å². The Morgan fingerprint density at radius 1 is 0.875 bits per heavy atom. The maximum Gasteiger partial charge on any atom is 0.163 e. The zero-order valence-electron chi connectivity index (χ0n) is 12.9. The number of hydrogen-bond donors (Lipinski definition) is 1. The second kappa shape index (κ2) is 6.61. The van der Waals surface area contributed by atoms with Crippen LogP contribution in [0.2, 0.25) is 0 Å². The van der Waals surface area contributed by atoms with Crippen LogP contribution in [0.15, 0.2) is 63.5 Å². The number of benzene rings is 2. The van der Waals surface area contributed by atoms with E-state index in [1.807, 2.05) is 54.6 Å². The second-order valence-corrected chi connectivity index (χ2v) is 6.40. The smallest absolute Gasteiger partial charge is 0.163 e. The van der Waals surface area contributed by atoms with Crippen LogP contribution in [0.1, 0.15) is 5.76 Å². The molecular formula is C19H16BrNO3. The van der Waals surface area contributed by atoms with Gasteiger partial charge in [-0.2, -0.15) is 0 Å². The van der Waals surface area contributed by atoms with Gasteiger partial charge in [-0.25, -0.2) is 0 Å². The van der Waals surface area contributed by atoms with Gasteiger partial charge in [-0.3, -0.25) is 0 Å². The topological polar surface area (TPSA) is 43.6 Å². The van der Waals surface area contributed by atoms with Crippen LogP contribution in [-0.4, -0.2) is 13.2 Å². The van der Waals surface area contributed by atoms with Crippen molar-refractivity contribution in [2.45, 2.75) is 6.54 Å². The molecule has 2 aromatic carbocycles. The van der Waals surface area contributed by atoms with Crippen LogP contribution in [-0.2, 0) is 6.54 Å². The normalized spacial score (nSPS) is 12.9. The summed E-state index contributed by atoms with van der Waals surface area (Å²) in [5.41, 5.74) is 2.03. The molecule has 122 valence electrons. The molecular weight excluding hydrogens is 370 g/mol. The minimum atomic E-state index is 0.588. The lowest BCUT2D eigenvalue weighted by atomic mass is 10.2. The van der Waals surface area contributed by atoms with Crippen LogP contribution in [0.25, 0.3) is 11.3 Å². The molecule has 1 N–H and O–H groups in total. The summed E-state index contributed by atoms with van der Waals surface area (Å²) >= 11 is 3.44. The predicted octanol–water partition coefficient (Wildman–Crippen LogP) is 5.09. The number of rotatable bonds is 4. The van der Waals surface area contributed by atoms with E-state index < -0.39 is 0 Å². The molecule has 0 fully saturated rings. The van der Waals surface area contributed by atoms with Crippen molar-refractivity contribution in [2.24, 2.45) is 0 Å². The van der Waals surface area contributed by atoms with Gasteiger partial charge < -0.3 is 19.2 Å². The van der Waals surface area contributed by atoms with E-state index in [-0.39, 0.29) is 0 Å². The molecule has 1 aliphatic heterocycles. The van der Waals surface area contributed by atoms with E-state index in [1.165, 1.54) is 0 Å². The minimum Gasteiger partial charge on any atom is -0.486 e. The summed E-state index contributed by atoms with van der Waals surface area (Å²) in [6.07, 6.45) is 0. The summed E-state index contributed by atoms with van der Waals surface area (Å²) in [5.74, 6) is 3.31. The van der Waals surface area contributed by atoms with Crippen molar-refractivity contribution in [3.63, 3.8) is 0 Å². The number of anilines is 1. The summed E-state index contributed by atoms with van der Waals surface area (Å²) in [7, 11) is 0. The van der Waals surface area contributed by atoms with Crippen molar-refractivity contribution in [3.05, 3.63) is 64.8 Å². The molecule has 4 rings (SSSR count). The lowest BCUT2D eigenvalue weighted by Crippen LogP contribution is -2.15. The maximum absolute atomic E-state index is 5.91. The molecule has 3 aromatic rings. The van der Waals surface area contributed by atoms with E-state index in [1.54, 1.807) is 0 Å². The van der Waals surface area contributed by atoms with Gasteiger partial charge in [0, 0.05) is 21.8 Å². The molecule has 24 heavy (non-hydrogen) atoms. The highest BCUT2D eigenvalue weighted by molar-refractivity contribution is 9.10. The zero-order chi connectivity index (χ0) is 16.4. The lowest BCUT2D eigenvalue weighted by molar-refractivity contribution is 0.171. The fourth-order valence-corrected chi connectivity index (χ4v) is 2.85. The minimum absolute atomic E-state index is 0.588. The number of halogens is 1. The molecule has 0 atom stereocenters. The Labute approximate surface area is 148 Å². The third kappa shape index (κ3) is 3.26. The first-order valence-electron chi connectivity index (χ1n) is 7.76. The van der Waals surface area contributed by atoms with E-state index in [2.05, 4.69) is 21.2 Å². The van der Waals surface area contributed by atoms with Crippen molar-refractivity contribution in [2.75, 3.05) is 18.5 Å². The van der Waals surface area contributed by atoms with Gasteiger partial charge in [0.2, 0.25) is 0 Å². The molecule has 0 radical (unpaired) electrons. The second-order valence-electron chi connectivity index (χ2n) is 5.48. The molecule has 0 aliphatic carbocycles. The highest BCUT2D eigenvalue weighted by atomic mass is 79.9. The van der Waals surface area contributed by atoms with Gasteiger partial charge in [0.15, 0.2) is 11.5 Å². The summed E-state index contributed by atoms with van der Waals surface area (Å²) in [6.45, 7) is 1.80. The van der Waals surface area contributed by atoms with Crippen LogP contribution in [0.4, 0.5) is 5.69 Å². The van der Waals surface area contributed by atoms with E-state index in [0.717, 1.165) is 38.7 Å². The summed E-state index contributed by atoms with van der Waals surface area (Å²) in [6, 6.07) is 17.9. The Morgan fingerprint density at radius 2 is 1.67 bits per heavy atom. The number of ether oxygens (including phenoxy) is 2. The highest BCUT2D eigenvalue weighted by Crippen LogP contribution is 2.33. The summed E-state index contributed by atoms with van der Waals surface area (Å²) in [4.78, 5) is 0. The predicted molar refractivity (Wildman–Crippen MR) is 96.6 cm³/mol.